The molecule has 0 saturated carbocycles. The van der Waals surface area contributed by atoms with Crippen LogP contribution in [-0.2, 0) is 29.4 Å². The second-order valence-electron chi connectivity index (χ2n) is 4.85. The molecule has 0 amide bonds. The van der Waals surface area contributed by atoms with Gasteiger partial charge in [0.15, 0.2) is 23.0 Å². The predicted molar refractivity (Wildman–Crippen MR) is 60.3 cm³/mol. The Labute approximate surface area is 141 Å². The molecule has 1 aromatic rings. The first-order valence-corrected chi connectivity index (χ1v) is 6.09. The van der Waals surface area contributed by atoms with Crippen LogP contribution >= 0.6 is 0 Å². The van der Waals surface area contributed by atoms with Crippen molar-refractivity contribution in [3.05, 3.63) is 28.6 Å². The van der Waals surface area contributed by atoms with Gasteiger partial charge in [-0.2, -0.15) is 26.3 Å². The summed E-state index contributed by atoms with van der Waals surface area (Å²) >= 11 is 0. The van der Waals surface area contributed by atoms with E-state index in [-0.39, 0.29) is 17.1 Å². The van der Waals surface area contributed by atoms with E-state index in [9.17, 15) is 45.3 Å². The topological polar surface area (TPSA) is 53.4 Å². The Morgan fingerprint density at radius 2 is 1.08 bits per heavy atom. The van der Waals surface area contributed by atoms with Crippen LogP contribution in [-0.4, -0.2) is 27.4 Å². The van der Waals surface area contributed by atoms with Crippen LogP contribution in [0.2, 0.25) is 0 Å². The van der Waals surface area contributed by atoms with E-state index in [0.717, 1.165) is 13.8 Å². The van der Waals surface area contributed by atoms with Crippen molar-refractivity contribution < 1.29 is 62.4 Å². The molecule has 0 aliphatic carbocycles. The smallest absolute Gasteiger partial charge is 0.393 e. The van der Waals surface area contributed by atoms with Crippen LogP contribution in [0.15, 0.2) is 0 Å². The first-order chi connectivity index (χ1) is 10.2. The predicted octanol–water partition coefficient (Wildman–Crippen LogP) is 3.24. The average molecular weight is 417 g/mol. The summed E-state index contributed by atoms with van der Waals surface area (Å²) in [5, 5.41) is 18.8. The van der Waals surface area contributed by atoms with Gasteiger partial charge in [0.05, 0.1) is 12.2 Å². The van der Waals surface area contributed by atoms with Gasteiger partial charge in [0.1, 0.15) is 0 Å². The molecule has 1 aromatic heterocycles. The average Bonchev–Trinajstić information content (AvgIpc) is 2.29. The van der Waals surface area contributed by atoms with E-state index in [2.05, 4.69) is 0 Å². The molecule has 0 aliphatic rings. The number of aliphatic hydroxyl groups excluding tert-OH is 2. The van der Waals surface area contributed by atoms with Crippen molar-refractivity contribution in [2.75, 3.05) is 0 Å². The molecule has 0 aliphatic heterocycles. The normalized spacial score (nSPS) is 16.3. The van der Waals surface area contributed by atoms with Crippen molar-refractivity contribution in [3.8, 4) is 0 Å². The number of rotatable bonds is 3. The third-order valence-corrected chi connectivity index (χ3v) is 3.02. The summed E-state index contributed by atoms with van der Waals surface area (Å²) < 4.78 is 104. The summed E-state index contributed by atoms with van der Waals surface area (Å²) in [6, 6.07) is 0. The third-order valence-electron chi connectivity index (χ3n) is 3.02. The van der Waals surface area contributed by atoms with Gasteiger partial charge in [0.2, 0.25) is 0 Å². The summed E-state index contributed by atoms with van der Waals surface area (Å²) in [6.45, 7) is 1.72. The molecule has 2 unspecified atom stereocenters. The second-order valence-corrected chi connectivity index (χ2v) is 4.85. The molecule has 24 heavy (non-hydrogen) atoms. The minimum Gasteiger partial charge on any atom is -0.393 e. The maximum absolute atomic E-state index is 14.0. The van der Waals surface area contributed by atoms with E-state index >= 15 is 0 Å². The van der Waals surface area contributed by atoms with Crippen molar-refractivity contribution in [1.29, 1.82) is 0 Å². The fourth-order valence-electron chi connectivity index (χ4n) is 2.12. The van der Waals surface area contributed by atoms with E-state index in [1.165, 1.54) is 0 Å². The number of halogens is 8. The van der Waals surface area contributed by atoms with Crippen LogP contribution in [0, 0.1) is 11.6 Å². The maximum Gasteiger partial charge on any atom is 0.436 e. The summed E-state index contributed by atoms with van der Waals surface area (Å²) in [4.78, 5) is 2.01. The zero-order valence-corrected chi connectivity index (χ0v) is 12.8. The number of alkyl halides is 6. The third kappa shape index (κ3) is 4.56. The Morgan fingerprint density at radius 1 is 0.792 bits per heavy atom. The summed E-state index contributed by atoms with van der Waals surface area (Å²) in [5.74, 6) is -6.87. The largest absolute Gasteiger partial charge is 0.436 e. The van der Waals surface area contributed by atoms with E-state index in [1.54, 1.807) is 0 Å². The van der Waals surface area contributed by atoms with Crippen molar-refractivity contribution in [2.45, 2.75) is 44.3 Å². The van der Waals surface area contributed by atoms with Crippen LogP contribution in [0.5, 0.6) is 0 Å². The van der Waals surface area contributed by atoms with Crippen LogP contribution in [0.1, 0.15) is 36.7 Å². The number of hydrogen-bond donors (Lipinski definition) is 2. The molecular formula is C12H11CuF8NO2. The number of nitrogens with zero attached hydrogens (tertiary/aromatic N) is 1. The fourth-order valence-corrected chi connectivity index (χ4v) is 2.12. The monoisotopic (exact) mass is 416 g/mol. The standard InChI is InChI=1S/C12H11F8NO2.Cu/c1-3(22)5(4(2)23)6-7(13)9(11(15,16)17)21-10(8(6)14)12(18,19)20;/h3-5,22-23H,1-2H3;. The van der Waals surface area contributed by atoms with Gasteiger partial charge in [-0.1, -0.05) is 0 Å². The number of aromatic nitrogens is 1. The molecule has 12 heteroatoms. The van der Waals surface area contributed by atoms with Gasteiger partial charge in [-0.05, 0) is 13.8 Å². The summed E-state index contributed by atoms with van der Waals surface area (Å²) in [7, 11) is 0. The molecule has 0 bridgehead atoms. The fraction of sp³-hybridized carbons (Fsp3) is 0.583. The van der Waals surface area contributed by atoms with Crippen molar-refractivity contribution in [3.63, 3.8) is 0 Å². The molecule has 1 heterocycles. The van der Waals surface area contributed by atoms with E-state index in [0.29, 0.717) is 0 Å². The van der Waals surface area contributed by atoms with Crippen LogP contribution < -0.4 is 0 Å². The van der Waals surface area contributed by atoms with Gasteiger partial charge in [-0.3, -0.25) is 0 Å². The van der Waals surface area contributed by atoms with Gasteiger partial charge in [0.25, 0.3) is 0 Å². The van der Waals surface area contributed by atoms with E-state index in [4.69, 9.17) is 0 Å². The number of pyridine rings is 1. The minimum absolute atomic E-state index is 0. The number of aliphatic hydroxyl groups is 2. The minimum atomic E-state index is -5.63. The van der Waals surface area contributed by atoms with Gasteiger partial charge < -0.3 is 10.2 Å². The molecule has 0 saturated heterocycles. The van der Waals surface area contributed by atoms with Crippen molar-refractivity contribution >= 4 is 0 Å². The molecule has 0 fully saturated rings. The molecular weight excluding hydrogens is 406 g/mol. The van der Waals surface area contributed by atoms with Crippen LogP contribution in [0.4, 0.5) is 35.1 Å². The Balaban J connectivity index is 0.00000529. The molecule has 143 valence electrons. The van der Waals surface area contributed by atoms with Crippen molar-refractivity contribution in [1.82, 2.24) is 4.98 Å². The Kier molecular flexibility index (Phi) is 7.20. The van der Waals surface area contributed by atoms with Gasteiger partial charge in [-0.15, -0.1) is 0 Å². The van der Waals surface area contributed by atoms with Crippen molar-refractivity contribution in [2.24, 2.45) is 0 Å². The molecule has 3 nitrogen and oxygen atoms in total. The molecule has 0 spiro atoms. The zero-order valence-electron chi connectivity index (χ0n) is 11.9. The van der Waals surface area contributed by atoms with Crippen LogP contribution in [0.3, 0.4) is 0 Å². The molecule has 2 N–H and O–H groups in total. The molecule has 2 atom stereocenters. The summed E-state index contributed by atoms with van der Waals surface area (Å²) in [5.41, 5.74) is -6.87. The first kappa shape index (κ1) is 23.0. The Bertz CT molecular complexity index is 540. The van der Waals surface area contributed by atoms with Gasteiger partial charge in [-0.25, -0.2) is 13.8 Å². The maximum atomic E-state index is 14.0. The zero-order chi connectivity index (χ0) is 18.3. The molecule has 0 aromatic carbocycles. The van der Waals surface area contributed by atoms with E-state index in [1.807, 2.05) is 4.98 Å². The van der Waals surface area contributed by atoms with E-state index < -0.39 is 59.1 Å². The quantitative estimate of drug-likeness (QED) is 0.587. The van der Waals surface area contributed by atoms with Gasteiger partial charge in [0, 0.05) is 28.6 Å². The molecule has 1 radical (unpaired) electrons. The Morgan fingerprint density at radius 3 is 1.29 bits per heavy atom. The summed E-state index contributed by atoms with van der Waals surface area (Å²) in [6.07, 6.45) is -14.9. The second kappa shape index (κ2) is 7.50. The number of hydrogen-bond acceptors (Lipinski definition) is 3. The Hall–Kier alpha value is -0.971. The first-order valence-electron chi connectivity index (χ1n) is 6.09. The van der Waals surface area contributed by atoms with Gasteiger partial charge >= 0.3 is 12.4 Å². The molecule has 1 rings (SSSR count). The SMILES string of the molecule is CC(O)C(c1c(F)c(C(F)(F)F)nc(C(F)(F)F)c1F)C(C)O.[Cu]. The van der Waals surface area contributed by atoms with Crippen LogP contribution in [0.25, 0.3) is 0 Å².